The molecule has 0 bridgehead atoms. The van der Waals surface area contributed by atoms with Gasteiger partial charge in [0.1, 0.15) is 5.82 Å². The lowest BCUT2D eigenvalue weighted by atomic mass is 10.2. The summed E-state index contributed by atoms with van der Waals surface area (Å²) in [7, 11) is 2.02. The van der Waals surface area contributed by atoms with Crippen LogP contribution < -0.4 is 5.32 Å². The maximum Gasteiger partial charge on any atom is 0.109 e. The fraction of sp³-hybridized carbons (Fsp3) is 0.583. The van der Waals surface area contributed by atoms with Gasteiger partial charge in [0.2, 0.25) is 0 Å². The minimum Gasteiger partial charge on any atom is -0.338 e. The second kappa shape index (κ2) is 7.08. The highest BCUT2D eigenvalue weighted by Crippen LogP contribution is 1.95. The summed E-state index contributed by atoms with van der Waals surface area (Å²) in [5.74, 6) is 3.78. The highest BCUT2D eigenvalue weighted by atomic mass is 15.0. The van der Waals surface area contributed by atoms with Gasteiger partial charge in [-0.25, -0.2) is 4.98 Å². The number of nitrogens with zero attached hydrogens (tertiary/aromatic N) is 2. The molecule has 15 heavy (non-hydrogen) atoms. The van der Waals surface area contributed by atoms with Crippen molar-refractivity contribution in [2.24, 2.45) is 7.05 Å². The molecule has 0 aliphatic rings. The van der Waals surface area contributed by atoms with Gasteiger partial charge in [0.05, 0.1) is 0 Å². The molecule has 0 atom stereocenters. The summed E-state index contributed by atoms with van der Waals surface area (Å²) in [6.07, 6.45) is 13.1. The number of imidazole rings is 1. The van der Waals surface area contributed by atoms with E-state index in [1.54, 1.807) is 0 Å². The van der Waals surface area contributed by atoms with Gasteiger partial charge in [-0.1, -0.05) is 0 Å². The molecule has 82 valence electrons. The molecule has 1 N–H and O–H groups in total. The molecular formula is C12H19N3. The number of terminal acetylenes is 1. The van der Waals surface area contributed by atoms with Crippen molar-refractivity contribution in [2.45, 2.75) is 25.7 Å². The van der Waals surface area contributed by atoms with Crippen LogP contribution in [-0.4, -0.2) is 22.6 Å². The van der Waals surface area contributed by atoms with Crippen molar-refractivity contribution in [3.05, 3.63) is 18.2 Å². The van der Waals surface area contributed by atoms with E-state index in [2.05, 4.69) is 20.8 Å². The van der Waals surface area contributed by atoms with E-state index in [9.17, 15) is 0 Å². The number of nitrogens with one attached hydrogen (secondary N) is 1. The summed E-state index contributed by atoms with van der Waals surface area (Å²) in [5, 5.41) is 3.39. The Bertz CT molecular complexity index is 309. The Balaban J connectivity index is 1.98. The predicted octanol–water partition coefficient (Wildman–Crippen LogP) is 1.36. The van der Waals surface area contributed by atoms with E-state index in [1.807, 2.05) is 19.4 Å². The fourth-order valence-corrected chi connectivity index (χ4v) is 1.44. The molecule has 0 fully saturated rings. The molecule has 0 unspecified atom stereocenters. The summed E-state index contributed by atoms with van der Waals surface area (Å²) in [4.78, 5) is 4.26. The minimum absolute atomic E-state index is 0.890. The van der Waals surface area contributed by atoms with Gasteiger partial charge in [-0.15, -0.1) is 12.3 Å². The summed E-state index contributed by atoms with van der Waals surface area (Å²) in [5.41, 5.74) is 0. The van der Waals surface area contributed by atoms with Gasteiger partial charge in [0.25, 0.3) is 0 Å². The summed E-state index contributed by atoms with van der Waals surface area (Å²) >= 11 is 0. The Kier molecular flexibility index (Phi) is 5.57. The predicted molar refractivity (Wildman–Crippen MR) is 62.5 cm³/mol. The molecular weight excluding hydrogens is 186 g/mol. The molecule has 1 heterocycles. The second-order valence-corrected chi connectivity index (χ2v) is 3.62. The zero-order valence-corrected chi connectivity index (χ0v) is 9.37. The summed E-state index contributed by atoms with van der Waals surface area (Å²) in [6.45, 7) is 2.03. The standard InChI is InChI=1S/C12H19N3/c1-3-4-5-6-8-13-9-7-12-14-10-11-15(12)2/h1,10-11,13H,4-9H2,2H3. The third kappa shape index (κ3) is 4.66. The molecule has 3 heteroatoms. The van der Waals surface area contributed by atoms with Gasteiger partial charge in [-0.05, 0) is 19.4 Å². The van der Waals surface area contributed by atoms with E-state index >= 15 is 0 Å². The molecule has 0 saturated carbocycles. The Hall–Kier alpha value is -1.27. The lowest BCUT2D eigenvalue weighted by Crippen LogP contribution is -2.19. The normalized spacial score (nSPS) is 10.1. The van der Waals surface area contributed by atoms with Crippen LogP contribution in [0.25, 0.3) is 0 Å². The van der Waals surface area contributed by atoms with E-state index in [0.717, 1.165) is 44.6 Å². The lowest BCUT2D eigenvalue weighted by Gasteiger charge is -2.04. The average molecular weight is 205 g/mol. The number of hydrogen-bond donors (Lipinski definition) is 1. The molecule has 3 nitrogen and oxygen atoms in total. The lowest BCUT2D eigenvalue weighted by molar-refractivity contribution is 0.614. The first-order chi connectivity index (χ1) is 7.34. The molecule has 0 aromatic carbocycles. The van der Waals surface area contributed by atoms with Crippen LogP contribution in [-0.2, 0) is 13.5 Å². The molecule has 1 aromatic rings. The maximum atomic E-state index is 5.17. The van der Waals surface area contributed by atoms with Crippen molar-refractivity contribution in [1.82, 2.24) is 14.9 Å². The second-order valence-electron chi connectivity index (χ2n) is 3.62. The summed E-state index contributed by atoms with van der Waals surface area (Å²) < 4.78 is 2.06. The van der Waals surface area contributed by atoms with E-state index in [-0.39, 0.29) is 0 Å². The van der Waals surface area contributed by atoms with Crippen molar-refractivity contribution in [3.8, 4) is 12.3 Å². The van der Waals surface area contributed by atoms with Crippen LogP contribution in [0.3, 0.4) is 0 Å². The zero-order valence-electron chi connectivity index (χ0n) is 9.37. The largest absolute Gasteiger partial charge is 0.338 e. The number of hydrogen-bond acceptors (Lipinski definition) is 2. The van der Waals surface area contributed by atoms with Crippen LogP contribution in [0.2, 0.25) is 0 Å². The number of rotatable bonds is 7. The summed E-state index contributed by atoms with van der Waals surface area (Å²) in [6, 6.07) is 0. The Morgan fingerprint density at radius 3 is 3.00 bits per heavy atom. The molecule has 0 amide bonds. The SMILES string of the molecule is C#CCCCCNCCc1nccn1C. The Labute approximate surface area is 91.9 Å². The topological polar surface area (TPSA) is 29.9 Å². The van der Waals surface area contributed by atoms with Gasteiger partial charge in [-0.2, -0.15) is 0 Å². The van der Waals surface area contributed by atoms with Crippen molar-refractivity contribution < 1.29 is 0 Å². The van der Waals surface area contributed by atoms with Crippen molar-refractivity contribution in [2.75, 3.05) is 13.1 Å². The van der Waals surface area contributed by atoms with Gasteiger partial charge in [0, 0.05) is 38.8 Å². The smallest absolute Gasteiger partial charge is 0.109 e. The Morgan fingerprint density at radius 2 is 2.33 bits per heavy atom. The van der Waals surface area contributed by atoms with Gasteiger partial charge in [0.15, 0.2) is 0 Å². The van der Waals surface area contributed by atoms with Crippen molar-refractivity contribution in [1.29, 1.82) is 0 Å². The van der Waals surface area contributed by atoms with E-state index in [1.165, 1.54) is 0 Å². The Morgan fingerprint density at radius 1 is 1.47 bits per heavy atom. The molecule has 1 aromatic heterocycles. The first-order valence-electron chi connectivity index (χ1n) is 5.45. The zero-order chi connectivity index (χ0) is 10.9. The third-order valence-electron chi connectivity index (χ3n) is 2.37. The quantitative estimate of drug-likeness (QED) is 0.538. The highest BCUT2D eigenvalue weighted by molar-refractivity contribution is 4.91. The van der Waals surface area contributed by atoms with Gasteiger partial charge >= 0.3 is 0 Å². The highest BCUT2D eigenvalue weighted by Gasteiger charge is 1.97. The van der Waals surface area contributed by atoms with E-state index in [4.69, 9.17) is 6.42 Å². The minimum atomic E-state index is 0.890. The van der Waals surface area contributed by atoms with Crippen LogP contribution in [0.15, 0.2) is 12.4 Å². The van der Waals surface area contributed by atoms with Crippen molar-refractivity contribution >= 4 is 0 Å². The third-order valence-corrected chi connectivity index (χ3v) is 2.37. The fourth-order valence-electron chi connectivity index (χ4n) is 1.44. The first-order valence-corrected chi connectivity index (χ1v) is 5.45. The average Bonchev–Trinajstić information content (AvgIpc) is 2.63. The molecule has 0 saturated heterocycles. The first kappa shape index (κ1) is 11.8. The van der Waals surface area contributed by atoms with Gasteiger partial charge < -0.3 is 9.88 Å². The molecule has 0 aliphatic carbocycles. The van der Waals surface area contributed by atoms with Crippen LogP contribution in [0.1, 0.15) is 25.1 Å². The monoisotopic (exact) mass is 205 g/mol. The van der Waals surface area contributed by atoms with Crippen LogP contribution >= 0.6 is 0 Å². The molecule has 1 rings (SSSR count). The molecule has 0 radical (unpaired) electrons. The van der Waals surface area contributed by atoms with Gasteiger partial charge in [-0.3, -0.25) is 0 Å². The van der Waals surface area contributed by atoms with E-state index < -0.39 is 0 Å². The molecule has 0 aliphatic heterocycles. The van der Waals surface area contributed by atoms with Crippen LogP contribution in [0.4, 0.5) is 0 Å². The number of aromatic nitrogens is 2. The van der Waals surface area contributed by atoms with E-state index in [0.29, 0.717) is 0 Å². The van der Waals surface area contributed by atoms with Crippen LogP contribution in [0, 0.1) is 12.3 Å². The maximum absolute atomic E-state index is 5.17. The number of unbranched alkanes of at least 4 members (excludes halogenated alkanes) is 2. The number of aryl methyl sites for hydroxylation is 1. The van der Waals surface area contributed by atoms with Crippen LogP contribution in [0.5, 0.6) is 0 Å². The van der Waals surface area contributed by atoms with Crippen molar-refractivity contribution in [3.63, 3.8) is 0 Å². The molecule has 0 spiro atoms.